The Kier molecular flexibility index (Phi) is 5.51. The molecule has 1 unspecified atom stereocenters. The van der Waals surface area contributed by atoms with Gasteiger partial charge in [0.1, 0.15) is 5.82 Å². The molecule has 2 aromatic carbocycles. The summed E-state index contributed by atoms with van der Waals surface area (Å²) in [5.41, 5.74) is 4.50. The first-order valence-corrected chi connectivity index (χ1v) is 7.77. The third kappa shape index (κ3) is 3.92. The zero-order valence-electron chi connectivity index (χ0n) is 13.1. The summed E-state index contributed by atoms with van der Waals surface area (Å²) >= 11 is 0. The number of benzene rings is 2. The van der Waals surface area contributed by atoms with Gasteiger partial charge in [0, 0.05) is 6.04 Å². The molecule has 0 fully saturated rings. The van der Waals surface area contributed by atoms with E-state index < -0.39 is 0 Å². The molecule has 0 aliphatic heterocycles. The van der Waals surface area contributed by atoms with Gasteiger partial charge in [-0.2, -0.15) is 0 Å². The maximum Gasteiger partial charge on any atom is 0.123 e. The molecule has 1 nitrogen and oxygen atoms in total. The Bertz CT molecular complexity index is 575. The quantitative estimate of drug-likeness (QED) is 0.777. The Morgan fingerprint density at radius 2 is 1.76 bits per heavy atom. The molecular weight excluding hydrogens is 261 g/mol. The van der Waals surface area contributed by atoms with Crippen LogP contribution in [0.3, 0.4) is 0 Å². The van der Waals surface area contributed by atoms with Gasteiger partial charge in [-0.05, 0) is 60.7 Å². The monoisotopic (exact) mass is 285 g/mol. The Hall–Kier alpha value is -1.67. The third-order valence-electron chi connectivity index (χ3n) is 3.86. The Balaban J connectivity index is 2.38. The summed E-state index contributed by atoms with van der Waals surface area (Å²) in [7, 11) is 0. The largest absolute Gasteiger partial charge is 0.310 e. The van der Waals surface area contributed by atoms with E-state index in [0.717, 1.165) is 36.1 Å². The molecule has 2 heteroatoms. The maximum atomic E-state index is 13.7. The lowest BCUT2D eigenvalue weighted by Crippen LogP contribution is -2.20. The van der Waals surface area contributed by atoms with Gasteiger partial charge in [-0.1, -0.05) is 44.2 Å². The fraction of sp³-hybridized carbons (Fsp3) is 0.368. The Morgan fingerprint density at radius 3 is 2.38 bits per heavy atom. The molecule has 0 bridgehead atoms. The summed E-state index contributed by atoms with van der Waals surface area (Å²) in [4.78, 5) is 0. The molecule has 21 heavy (non-hydrogen) atoms. The molecule has 1 N–H and O–H groups in total. The molecule has 0 saturated carbocycles. The minimum absolute atomic E-state index is 0.184. The minimum atomic E-state index is -0.184. The number of halogens is 1. The van der Waals surface area contributed by atoms with Crippen LogP contribution in [0, 0.1) is 5.82 Å². The highest BCUT2D eigenvalue weighted by Crippen LogP contribution is 2.29. The average molecular weight is 285 g/mol. The molecule has 112 valence electrons. The van der Waals surface area contributed by atoms with Crippen molar-refractivity contribution in [1.82, 2.24) is 5.32 Å². The fourth-order valence-electron chi connectivity index (χ4n) is 2.55. The summed E-state index contributed by atoms with van der Waals surface area (Å²) in [5.74, 6) is -0.184. The highest BCUT2D eigenvalue weighted by Gasteiger charge is 2.12. The lowest BCUT2D eigenvalue weighted by molar-refractivity contribution is 0.569. The van der Waals surface area contributed by atoms with Crippen molar-refractivity contribution in [2.45, 2.75) is 39.7 Å². The van der Waals surface area contributed by atoms with Crippen LogP contribution < -0.4 is 5.32 Å². The number of hydrogen-bond donors (Lipinski definition) is 1. The van der Waals surface area contributed by atoms with E-state index in [1.165, 1.54) is 5.56 Å². The van der Waals surface area contributed by atoms with Crippen LogP contribution in [0.25, 0.3) is 11.1 Å². The van der Waals surface area contributed by atoms with E-state index in [9.17, 15) is 4.39 Å². The SMILES string of the molecule is CCCNC(C)c1ccc(F)cc1-c1ccc(CC)cc1. The Morgan fingerprint density at radius 1 is 1.05 bits per heavy atom. The molecular formula is C19H24FN. The highest BCUT2D eigenvalue weighted by atomic mass is 19.1. The number of rotatable bonds is 6. The normalized spacial score (nSPS) is 12.4. The van der Waals surface area contributed by atoms with Crippen molar-refractivity contribution >= 4 is 0 Å². The van der Waals surface area contributed by atoms with Crippen molar-refractivity contribution in [3.8, 4) is 11.1 Å². The molecule has 0 radical (unpaired) electrons. The molecule has 0 aromatic heterocycles. The van der Waals surface area contributed by atoms with Crippen molar-refractivity contribution < 1.29 is 4.39 Å². The maximum absolute atomic E-state index is 13.7. The molecule has 2 aromatic rings. The van der Waals surface area contributed by atoms with Crippen molar-refractivity contribution in [1.29, 1.82) is 0 Å². The predicted octanol–water partition coefficient (Wildman–Crippen LogP) is 5.12. The van der Waals surface area contributed by atoms with Crippen molar-refractivity contribution in [3.05, 3.63) is 59.4 Å². The molecule has 1 atom stereocenters. The van der Waals surface area contributed by atoms with Gasteiger partial charge in [-0.25, -0.2) is 4.39 Å². The minimum Gasteiger partial charge on any atom is -0.310 e. The first-order chi connectivity index (χ1) is 10.2. The first kappa shape index (κ1) is 15.7. The summed E-state index contributed by atoms with van der Waals surface area (Å²) in [5, 5.41) is 3.48. The van der Waals surface area contributed by atoms with Crippen LogP contribution in [0.1, 0.15) is 44.4 Å². The molecule has 0 aliphatic carbocycles. The fourth-order valence-corrected chi connectivity index (χ4v) is 2.55. The summed E-state index contributed by atoms with van der Waals surface area (Å²) in [6, 6.07) is 13.7. The van der Waals surface area contributed by atoms with Crippen LogP contribution in [0.4, 0.5) is 4.39 Å². The van der Waals surface area contributed by atoms with E-state index in [4.69, 9.17) is 0 Å². The van der Waals surface area contributed by atoms with Crippen molar-refractivity contribution in [2.24, 2.45) is 0 Å². The summed E-state index contributed by atoms with van der Waals surface area (Å²) < 4.78 is 13.7. The van der Waals surface area contributed by atoms with Gasteiger partial charge in [0.05, 0.1) is 0 Å². The standard InChI is InChI=1S/C19H24FN/c1-4-12-21-14(3)18-11-10-17(20)13-19(18)16-8-6-15(5-2)7-9-16/h6-11,13-14,21H,4-5,12H2,1-3H3. The number of aryl methyl sites for hydroxylation is 1. The third-order valence-corrected chi connectivity index (χ3v) is 3.86. The molecule has 0 spiro atoms. The van der Waals surface area contributed by atoms with Gasteiger partial charge in [0.15, 0.2) is 0 Å². The van der Waals surface area contributed by atoms with E-state index in [-0.39, 0.29) is 11.9 Å². The van der Waals surface area contributed by atoms with Gasteiger partial charge in [-0.3, -0.25) is 0 Å². The molecule has 0 amide bonds. The van der Waals surface area contributed by atoms with E-state index in [2.05, 4.69) is 50.4 Å². The van der Waals surface area contributed by atoms with Gasteiger partial charge >= 0.3 is 0 Å². The predicted molar refractivity (Wildman–Crippen MR) is 87.9 cm³/mol. The van der Waals surface area contributed by atoms with Crippen LogP contribution in [-0.4, -0.2) is 6.54 Å². The average Bonchev–Trinajstić information content (AvgIpc) is 2.52. The zero-order chi connectivity index (χ0) is 15.2. The lowest BCUT2D eigenvalue weighted by Gasteiger charge is -2.18. The van der Waals surface area contributed by atoms with Gasteiger partial charge in [0.25, 0.3) is 0 Å². The summed E-state index contributed by atoms with van der Waals surface area (Å²) in [6.45, 7) is 7.38. The zero-order valence-corrected chi connectivity index (χ0v) is 13.1. The molecule has 0 saturated heterocycles. The number of nitrogens with one attached hydrogen (secondary N) is 1. The van der Waals surface area contributed by atoms with E-state index in [0.29, 0.717) is 0 Å². The van der Waals surface area contributed by atoms with Crippen LogP contribution in [0.5, 0.6) is 0 Å². The van der Waals surface area contributed by atoms with Gasteiger partial charge < -0.3 is 5.32 Å². The first-order valence-electron chi connectivity index (χ1n) is 7.77. The van der Waals surface area contributed by atoms with Gasteiger partial charge in [0.2, 0.25) is 0 Å². The molecule has 2 rings (SSSR count). The number of hydrogen-bond acceptors (Lipinski definition) is 1. The van der Waals surface area contributed by atoms with Crippen LogP contribution in [-0.2, 0) is 6.42 Å². The second kappa shape index (κ2) is 7.37. The highest BCUT2D eigenvalue weighted by molar-refractivity contribution is 5.68. The van der Waals surface area contributed by atoms with E-state index >= 15 is 0 Å². The van der Waals surface area contributed by atoms with E-state index in [1.807, 2.05) is 6.07 Å². The van der Waals surface area contributed by atoms with Crippen molar-refractivity contribution in [3.63, 3.8) is 0 Å². The smallest absolute Gasteiger partial charge is 0.123 e. The lowest BCUT2D eigenvalue weighted by atomic mass is 9.94. The van der Waals surface area contributed by atoms with Crippen LogP contribution in [0.2, 0.25) is 0 Å². The van der Waals surface area contributed by atoms with E-state index in [1.54, 1.807) is 12.1 Å². The molecule has 0 aliphatic rings. The van der Waals surface area contributed by atoms with Crippen molar-refractivity contribution in [2.75, 3.05) is 6.54 Å². The second-order valence-corrected chi connectivity index (χ2v) is 5.46. The van der Waals surface area contributed by atoms with Crippen LogP contribution in [0.15, 0.2) is 42.5 Å². The second-order valence-electron chi connectivity index (χ2n) is 5.46. The Labute approximate surface area is 127 Å². The topological polar surface area (TPSA) is 12.0 Å². The molecule has 0 heterocycles. The van der Waals surface area contributed by atoms with Gasteiger partial charge in [-0.15, -0.1) is 0 Å². The van der Waals surface area contributed by atoms with Crippen LogP contribution >= 0.6 is 0 Å². The summed E-state index contributed by atoms with van der Waals surface area (Å²) in [6.07, 6.45) is 2.11.